The van der Waals surface area contributed by atoms with E-state index < -0.39 is 0 Å². The lowest BCUT2D eigenvalue weighted by molar-refractivity contribution is 0.670. The minimum Gasteiger partial charge on any atom is -0.455 e. The number of hydrogen-bond acceptors (Lipinski definition) is 1. The largest absolute Gasteiger partial charge is 0.455 e. The molecule has 1 heterocycles. The van der Waals surface area contributed by atoms with Crippen LogP contribution in [0.5, 0.6) is 0 Å². The third kappa shape index (κ3) is 3.97. The van der Waals surface area contributed by atoms with Crippen LogP contribution in [-0.4, -0.2) is 0 Å². The Morgan fingerprint density at radius 1 is 0.255 bits per heavy atom. The molecule has 13 aromatic rings. The van der Waals surface area contributed by atoms with E-state index in [0.717, 1.165) is 27.5 Å². The summed E-state index contributed by atoms with van der Waals surface area (Å²) in [6, 6.07) is 67.4. The predicted molar refractivity (Wildman–Crippen MR) is 236 cm³/mol. The molecular formula is C54H30O. The molecule has 0 spiro atoms. The van der Waals surface area contributed by atoms with E-state index in [1.54, 1.807) is 0 Å². The fourth-order valence-electron chi connectivity index (χ4n) is 9.88. The zero-order valence-electron chi connectivity index (χ0n) is 29.7. The third-order valence-corrected chi connectivity index (χ3v) is 12.3. The lowest BCUT2D eigenvalue weighted by Crippen LogP contribution is -1.91. The highest BCUT2D eigenvalue weighted by atomic mass is 16.3. The van der Waals surface area contributed by atoms with E-state index in [1.165, 1.54) is 103 Å². The molecule has 0 aliphatic heterocycles. The molecule has 0 radical (unpaired) electrons. The number of hydrogen-bond donors (Lipinski definition) is 0. The van der Waals surface area contributed by atoms with Crippen LogP contribution < -0.4 is 0 Å². The number of furan rings is 1. The lowest BCUT2D eigenvalue weighted by atomic mass is 9.84. The Kier molecular flexibility index (Phi) is 5.69. The predicted octanol–water partition coefficient (Wildman–Crippen LogP) is 15.6. The van der Waals surface area contributed by atoms with Crippen molar-refractivity contribution in [1.82, 2.24) is 0 Å². The maximum atomic E-state index is 7.18. The molecular weight excluding hydrogens is 665 g/mol. The van der Waals surface area contributed by atoms with Crippen molar-refractivity contribution in [3.05, 3.63) is 182 Å². The zero-order chi connectivity index (χ0) is 35.8. The van der Waals surface area contributed by atoms with E-state index in [0.29, 0.717) is 0 Å². The first-order chi connectivity index (χ1) is 27.3. The molecule has 0 fully saturated rings. The zero-order valence-corrected chi connectivity index (χ0v) is 29.7. The molecule has 55 heavy (non-hydrogen) atoms. The molecule has 1 nitrogen and oxygen atoms in total. The van der Waals surface area contributed by atoms with Crippen molar-refractivity contribution >= 4 is 108 Å². The van der Waals surface area contributed by atoms with E-state index in [4.69, 9.17) is 4.42 Å². The standard InChI is InChI=1S/C54H30O/c1-2-11-37-30-48-47(28-36(37)10-1)53-45(27-26-44(54(53)55-48)41-23-21-35-18-17-33-12-7-13-34-22-25-42(41)50(35)49(33)34)52-43-24-20-31-8-3-5-14-39(31)46(43)29-38-19-16-32-9-4-6-15-40(32)51(38)52/h1-30H. The molecule has 0 bridgehead atoms. The Morgan fingerprint density at radius 2 is 0.800 bits per heavy atom. The first kappa shape index (κ1) is 29.3. The molecule has 0 atom stereocenters. The van der Waals surface area contributed by atoms with Crippen LogP contribution in [-0.2, 0) is 0 Å². The minimum absolute atomic E-state index is 0.903. The summed E-state index contributed by atoms with van der Waals surface area (Å²) in [6.07, 6.45) is 0. The van der Waals surface area contributed by atoms with Gasteiger partial charge in [-0.3, -0.25) is 0 Å². The minimum atomic E-state index is 0.903. The number of rotatable bonds is 2. The van der Waals surface area contributed by atoms with Crippen LogP contribution in [0.4, 0.5) is 0 Å². The molecule has 0 saturated heterocycles. The molecule has 0 aliphatic rings. The summed E-state index contributed by atoms with van der Waals surface area (Å²) in [4.78, 5) is 0. The second-order valence-electron chi connectivity index (χ2n) is 15.1. The third-order valence-electron chi connectivity index (χ3n) is 12.3. The van der Waals surface area contributed by atoms with Crippen LogP contribution in [0.2, 0.25) is 0 Å². The second-order valence-corrected chi connectivity index (χ2v) is 15.1. The van der Waals surface area contributed by atoms with Gasteiger partial charge in [0.15, 0.2) is 0 Å². The Morgan fingerprint density at radius 3 is 1.64 bits per heavy atom. The summed E-state index contributed by atoms with van der Waals surface area (Å²) in [7, 11) is 0. The van der Waals surface area contributed by atoms with Gasteiger partial charge < -0.3 is 4.42 Å². The number of fused-ring (bicyclic) bond motifs is 10. The number of benzene rings is 12. The maximum absolute atomic E-state index is 7.18. The molecule has 0 saturated carbocycles. The summed E-state index contributed by atoms with van der Waals surface area (Å²) in [5, 5.41) is 22.4. The molecule has 12 aromatic carbocycles. The van der Waals surface area contributed by atoms with Crippen molar-refractivity contribution in [3.63, 3.8) is 0 Å². The van der Waals surface area contributed by atoms with E-state index >= 15 is 0 Å². The highest BCUT2D eigenvalue weighted by Gasteiger charge is 2.23. The van der Waals surface area contributed by atoms with Gasteiger partial charge in [0, 0.05) is 16.3 Å². The van der Waals surface area contributed by atoms with Crippen molar-refractivity contribution in [2.45, 2.75) is 0 Å². The fraction of sp³-hybridized carbons (Fsp3) is 0. The lowest BCUT2D eigenvalue weighted by Gasteiger charge is -2.18. The van der Waals surface area contributed by atoms with Gasteiger partial charge in [-0.15, -0.1) is 0 Å². The average Bonchev–Trinajstić information content (AvgIpc) is 3.62. The van der Waals surface area contributed by atoms with Crippen LogP contribution in [0.25, 0.3) is 130 Å². The molecule has 0 unspecified atom stereocenters. The van der Waals surface area contributed by atoms with Crippen molar-refractivity contribution in [2.24, 2.45) is 0 Å². The average molecular weight is 695 g/mol. The quantitative estimate of drug-likeness (QED) is 0.130. The van der Waals surface area contributed by atoms with Crippen molar-refractivity contribution < 1.29 is 4.42 Å². The smallest absolute Gasteiger partial charge is 0.143 e. The van der Waals surface area contributed by atoms with Gasteiger partial charge in [0.25, 0.3) is 0 Å². The molecule has 13 rings (SSSR count). The van der Waals surface area contributed by atoms with Crippen molar-refractivity contribution in [1.29, 1.82) is 0 Å². The van der Waals surface area contributed by atoms with Crippen molar-refractivity contribution in [3.8, 4) is 22.3 Å². The molecule has 0 amide bonds. The van der Waals surface area contributed by atoms with Crippen molar-refractivity contribution in [2.75, 3.05) is 0 Å². The van der Waals surface area contributed by atoms with Crippen LogP contribution in [0, 0.1) is 0 Å². The maximum Gasteiger partial charge on any atom is 0.143 e. The first-order valence-corrected chi connectivity index (χ1v) is 19.1. The van der Waals surface area contributed by atoms with Gasteiger partial charge in [-0.1, -0.05) is 158 Å². The van der Waals surface area contributed by atoms with Gasteiger partial charge in [-0.25, -0.2) is 0 Å². The second kappa shape index (κ2) is 10.7. The summed E-state index contributed by atoms with van der Waals surface area (Å²) >= 11 is 0. The van der Waals surface area contributed by atoms with Crippen LogP contribution in [0.3, 0.4) is 0 Å². The summed E-state index contributed by atoms with van der Waals surface area (Å²) in [6.45, 7) is 0. The normalized spacial score (nSPS) is 12.4. The Bertz CT molecular complexity index is 3750. The molecule has 0 N–H and O–H groups in total. The monoisotopic (exact) mass is 694 g/mol. The Hall–Kier alpha value is -7.22. The Balaban J connectivity index is 1.23. The van der Waals surface area contributed by atoms with E-state index in [1.807, 2.05) is 0 Å². The summed E-state index contributed by atoms with van der Waals surface area (Å²) < 4.78 is 7.18. The van der Waals surface area contributed by atoms with E-state index in [2.05, 4.69) is 182 Å². The van der Waals surface area contributed by atoms with E-state index in [-0.39, 0.29) is 0 Å². The molecule has 0 aliphatic carbocycles. The van der Waals surface area contributed by atoms with Gasteiger partial charge in [-0.2, -0.15) is 0 Å². The van der Waals surface area contributed by atoms with Gasteiger partial charge in [0.1, 0.15) is 11.2 Å². The molecule has 1 heteroatoms. The highest BCUT2D eigenvalue weighted by molar-refractivity contribution is 6.31. The molecule has 1 aromatic heterocycles. The highest BCUT2D eigenvalue weighted by Crippen LogP contribution is 2.50. The SMILES string of the molecule is c1ccc2cc3c(cc2c1)oc1c(-c2ccc4ccc5cccc6ccc2c4c56)ccc(-c2c4ccc5ccccc5c4cc4ccc5ccccc5c24)c13. The van der Waals surface area contributed by atoms with Gasteiger partial charge in [0.2, 0.25) is 0 Å². The molecule has 252 valence electrons. The van der Waals surface area contributed by atoms with Gasteiger partial charge in [-0.05, 0) is 127 Å². The van der Waals surface area contributed by atoms with Gasteiger partial charge in [0.05, 0.1) is 0 Å². The van der Waals surface area contributed by atoms with Crippen LogP contribution in [0.1, 0.15) is 0 Å². The van der Waals surface area contributed by atoms with Crippen LogP contribution in [0.15, 0.2) is 186 Å². The summed E-state index contributed by atoms with van der Waals surface area (Å²) in [5.74, 6) is 0. The topological polar surface area (TPSA) is 13.1 Å². The van der Waals surface area contributed by atoms with Crippen LogP contribution >= 0.6 is 0 Å². The summed E-state index contributed by atoms with van der Waals surface area (Å²) in [5.41, 5.74) is 6.55. The van der Waals surface area contributed by atoms with Gasteiger partial charge >= 0.3 is 0 Å². The van der Waals surface area contributed by atoms with E-state index in [9.17, 15) is 0 Å². The fourth-order valence-corrected chi connectivity index (χ4v) is 9.88. The first-order valence-electron chi connectivity index (χ1n) is 19.1. The Labute approximate surface area is 315 Å².